The maximum atomic E-state index is 12.2. The number of carbonyl (C=O) groups excluding carboxylic acids is 1. The van der Waals surface area contributed by atoms with Crippen molar-refractivity contribution in [2.24, 2.45) is 7.05 Å². The van der Waals surface area contributed by atoms with E-state index in [0.29, 0.717) is 10.9 Å². The van der Waals surface area contributed by atoms with E-state index in [0.717, 1.165) is 0 Å². The first-order chi connectivity index (χ1) is 8.66. The van der Waals surface area contributed by atoms with Gasteiger partial charge in [-0.25, -0.2) is 4.68 Å². The molecule has 0 unspecified atom stereocenters. The van der Waals surface area contributed by atoms with E-state index >= 15 is 0 Å². The molecule has 2 aromatic heterocycles. The van der Waals surface area contributed by atoms with Crippen LogP contribution in [0.4, 0.5) is 0 Å². The Morgan fingerprint density at radius 3 is 2.78 bits per heavy atom. The third kappa shape index (κ3) is 1.46. The standard InChI is InChI=1S/C12H10N4O2/c1-15-7-6-9(13-15)12(18)16-10-5-3-2-4-8(10)11(17)14-16/h2-7H,1H3,(H,14,17). The highest BCUT2D eigenvalue weighted by Crippen LogP contribution is 2.10. The molecule has 0 aliphatic heterocycles. The van der Waals surface area contributed by atoms with Gasteiger partial charge < -0.3 is 0 Å². The van der Waals surface area contributed by atoms with Crippen molar-refractivity contribution >= 4 is 16.8 Å². The Hall–Kier alpha value is -2.63. The van der Waals surface area contributed by atoms with E-state index < -0.39 is 0 Å². The number of aromatic amines is 1. The quantitative estimate of drug-likeness (QED) is 0.684. The number of carbonyl (C=O) groups is 1. The monoisotopic (exact) mass is 242 g/mol. The average molecular weight is 242 g/mol. The highest BCUT2D eigenvalue weighted by Gasteiger charge is 2.15. The van der Waals surface area contributed by atoms with Crippen LogP contribution in [-0.4, -0.2) is 25.5 Å². The van der Waals surface area contributed by atoms with Crippen molar-refractivity contribution in [2.45, 2.75) is 0 Å². The van der Waals surface area contributed by atoms with Crippen LogP contribution in [0.5, 0.6) is 0 Å². The maximum absolute atomic E-state index is 12.2. The molecule has 90 valence electrons. The molecule has 1 N–H and O–H groups in total. The smallest absolute Gasteiger partial charge is 0.275 e. The van der Waals surface area contributed by atoms with Gasteiger partial charge in [0.1, 0.15) is 0 Å². The van der Waals surface area contributed by atoms with E-state index in [2.05, 4.69) is 10.2 Å². The summed E-state index contributed by atoms with van der Waals surface area (Å²) in [7, 11) is 1.73. The summed E-state index contributed by atoms with van der Waals surface area (Å²) in [5.41, 5.74) is 0.558. The maximum Gasteiger partial charge on any atom is 0.297 e. The molecule has 1 aromatic carbocycles. The molecule has 3 rings (SSSR count). The normalized spacial score (nSPS) is 10.9. The second-order valence-electron chi connectivity index (χ2n) is 3.97. The van der Waals surface area contributed by atoms with Crippen LogP contribution in [0.2, 0.25) is 0 Å². The lowest BCUT2D eigenvalue weighted by atomic mass is 10.2. The van der Waals surface area contributed by atoms with Gasteiger partial charge in [0.25, 0.3) is 11.5 Å². The fourth-order valence-electron chi connectivity index (χ4n) is 1.89. The van der Waals surface area contributed by atoms with Crippen LogP contribution < -0.4 is 5.56 Å². The van der Waals surface area contributed by atoms with Crippen LogP contribution in [0.25, 0.3) is 10.9 Å². The molecule has 6 nitrogen and oxygen atoms in total. The van der Waals surface area contributed by atoms with E-state index in [1.165, 1.54) is 9.36 Å². The third-order valence-electron chi connectivity index (χ3n) is 2.74. The van der Waals surface area contributed by atoms with Gasteiger partial charge in [-0.2, -0.15) is 5.10 Å². The molecule has 0 aliphatic rings. The summed E-state index contributed by atoms with van der Waals surface area (Å²) in [6, 6.07) is 8.53. The van der Waals surface area contributed by atoms with E-state index in [9.17, 15) is 9.59 Å². The zero-order chi connectivity index (χ0) is 12.7. The number of nitrogens with one attached hydrogen (secondary N) is 1. The Balaban J connectivity index is 2.21. The van der Waals surface area contributed by atoms with Gasteiger partial charge in [0.05, 0.1) is 10.9 Å². The summed E-state index contributed by atoms with van der Waals surface area (Å²) in [6.45, 7) is 0. The summed E-state index contributed by atoms with van der Waals surface area (Å²) in [6.07, 6.45) is 1.68. The molecular weight excluding hydrogens is 232 g/mol. The zero-order valence-electron chi connectivity index (χ0n) is 9.62. The Kier molecular flexibility index (Phi) is 2.16. The molecule has 0 saturated heterocycles. The highest BCUT2D eigenvalue weighted by atomic mass is 16.2. The second-order valence-corrected chi connectivity index (χ2v) is 3.97. The topological polar surface area (TPSA) is 72.7 Å². The van der Waals surface area contributed by atoms with Crippen molar-refractivity contribution in [1.82, 2.24) is 19.6 Å². The summed E-state index contributed by atoms with van der Waals surface area (Å²) < 4.78 is 2.76. The number of hydrogen-bond donors (Lipinski definition) is 1. The lowest BCUT2D eigenvalue weighted by Gasteiger charge is -1.99. The second kappa shape index (κ2) is 3.69. The first kappa shape index (κ1) is 10.5. The Bertz CT molecular complexity index is 794. The minimum Gasteiger partial charge on any atom is -0.275 e. The molecule has 0 amide bonds. The molecule has 18 heavy (non-hydrogen) atoms. The number of para-hydroxylation sites is 1. The number of hydrogen-bond acceptors (Lipinski definition) is 3. The van der Waals surface area contributed by atoms with Gasteiger partial charge in [0.15, 0.2) is 5.69 Å². The Morgan fingerprint density at radius 2 is 2.06 bits per heavy atom. The average Bonchev–Trinajstić information content (AvgIpc) is 2.94. The molecular formula is C12H10N4O2. The van der Waals surface area contributed by atoms with Crippen LogP contribution in [-0.2, 0) is 7.05 Å². The summed E-state index contributed by atoms with van der Waals surface area (Å²) >= 11 is 0. The molecule has 0 saturated carbocycles. The Labute approximate surface area is 101 Å². The number of nitrogens with zero attached hydrogens (tertiary/aromatic N) is 3. The number of H-pyrrole nitrogens is 1. The first-order valence-corrected chi connectivity index (χ1v) is 5.41. The molecule has 3 aromatic rings. The van der Waals surface area contributed by atoms with Crippen molar-refractivity contribution in [3.8, 4) is 0 Å². The molecule has 6 heteroatoms. The number of benzene rings is 1. The number of aromatic nitrogens is 4. The lowest BCUT2D eigenvalue weighted by molar-refractivity contribution is 0.0944. The van der Waals surface area contributed by atoms with Gasteiger partial charge in [-0.05, 0) is 18.2 Å². The van der Waals surface area contributed by atoms with E-state index in [4.69, 9.17) is 0 Å². The first-order valence-electron chi connectivity index (χ1n) is 5.41. The van der Waals surface area contributed by atoms with Crippen molar-refractivity contribution in [2.75, 3.05) is 0 Å². The molecule has 0 atom stereocenters. The van der Waals surface area contributed by atoms with Gasteiger partial charge in [-0.1, -0.05) is 12.1 Å². The van der Waals surface area contributed by atoms with Crippen LogP contribution in [0, 0.1) is 0 Å². The predicted octanol–water partition coefficient (Wildman–Crippen LogP) is 0.752. The summed E-state index contributed by atoms with van der Waals surface area (Å²) in [5, 5.41) is 7.04. The van der Waals surface area contributed by atoms with Gasteiger partial charge in [0.2, 0.25) is 0 Å². The molecule has 0 bridgehead atoms. The van der Waals surface area contributed by atoms with Gasteiger partial charge in [0, 0.05) is 13.2 Å². The van der Waals surface area contributed by atoms with E-state index in [1.807, 2.05) is 0 Å². The van der Waals surface area contributed by atoms with Gasteiger partial charge >= 0.3 is 0 Å². The SMILES string of the molecule is Cn1ccc(C(=O)n2[nH]c(=O)c3ccccc32)n1. The molecule has 0 aliphatic carbocycles. The zero-order valence-corrected chi connectivity index (χ0v) is 9.62. The van der Waals surface area contributed by atoms with Crippen LogP contribution in [0.3, 0.4) is 0 Å². The minimum absolute atomic E-state index is 0.283. The van der Waals surface area contributed by atoms with Crippen LogP contribution >= 0.6 is 0 Å². The molecule has 2 heterocycles. The molecule has 0 spiro atoms. The number of aryl methyl sites for hydroxylation is 1. The minimum atomic E-state index is -0.353. The van der Waals surface area contributed by atoms with E-state index in [-0.39, 0.29) is 17.2 Å². The number of fused-ring (bicyclic) bond motifs is 1. The van der Waals surface area contributed by atoms with Crippen molar-refractivity contribution in [1.29, 1.82) is 0 Å². The van der Waals surface area contributed by atoms with Crippen molar-refractivity contribution < 1.29 is 4.79 Å². The Morgan fingerprint density at radius 1 is 1.28 bits per heavy atom. The van der Waals surface area contributed by atoms with Crippen molar-refractivity contribution in [3.63, 3.8) is 0 Å². The third-order valence-corrected chi connectivity index (χ3v) is 2.74. The summed E-state index contributed by atoms with van der Waals surface area (Å²) in [5.74, 6) is -0.353. The largest absolute Gasteiger partial charge is 0.297 e. The molecule has 0 fully saturated rings. The van der Waals surface area contributed by atoms with Gasteiger partial charge in [-0.15, -0.1) is 0 Å². The van der Waals surface area contributed by atoms with E-state index in [1.54, 1.807) is 43.6 Å². The van der Waals surface area contributed by atoms with Crippen LogP contribution in [0.15, 0.2) is 41.3 Å². The van der Waals surface area contributed by atoms with Crippen LogP contribution in [0.1, 0.15) is 10.5 Å². The fourth-order valence-corrected chi connectivity index (χ4v) is 1.89. The number of rotatable bonds is 1. The van der Waals surface area contributed by atoms with Gasteiger partial charge in [-0.3, -0.25) is 19.4 Å². The summed E-state index contributed by atoms with van der Waals surface area (Å²) in [4.78, 5) is 23.9. The highest BCUT2D eigenvalue weighted by molar-refractivity contribution is 5.99. The lowest BCUT2D eigenvalue weighted by Crippen LogP contribution is -2.16. The molecule has 0 radical (unpaired) electrons. The van der Waals surface area contributed by atoms with Crippen molar-refractivity contribution in [3.05, 3.63) is 52.6 Å². The fraction of sp³-hybridized carbons (Fsp3) is 0.0833. The predicted molar refractivity (Wildman–Crippen MR) is 65.5 cm³/mol.